The quantitative estimate of drug-likeness (QED) is 0.243. The van der Waals surface area contributed by atoms with Gasteiger partial charge in [0, 0.05) is 24.1 Å². The van der Waals surface area contributed by atoms with E-state index in [1.807, 2.05) is 42.5 Å². The number of benzene rings is 4. The van der Waals surface area contributed by atoms with Crippen LogP contribution in [-0.4, -0.2) is 41.5 Å². The van der Waals surface area contributed by atoms with Crippen LogP contribution in [0.2, 0.25) is 0 Å². The van der Waals surface area contributed by atoms with Crippen molar-refractivity contribution in [2.24, 2.45) is 5.92 Å². The molecule has 43 heavy (non-hydrogen) atoms. The molecule has 2 aliphatic rings. The summed E-state index contributed by atoms with van der Waals surface area (Å²) in [6, 6.07) is 32.6. The number of hydrogen-bond acceptors (Lipinski definition) is 6. The first-order chi connectivity index (χ1) is 20.9. The lowest BCUT2D eigenvalue weighted by Crippen LogP contribution is -2.44. The summed E-state index contributed by atoms with van der Waals surface area (Å²) in [5, 5.41) is 9.55. The van der Waals surface area contributed by atoms with Crippen molar-refractivity contribution in [3.63, 3.8) is 0 Å². The molecule has 0 unspecified atom stereocenters. The van der Waals surface area contributed by atoms with Crippen LogP contribution in [0.1, 0.15) is 75.3 Å². The fourth-order valence-electron chi connectivity index (χ4n) is 5.96. The largest absolute Gasteiger partial charge is 0.392 e. The van der Waals surface area contributed by atoms with Gasteiger partial charge in [-0.3, -0.25) is 14.5 Å². The first-order valence-corrected chi connectivity index (χ1v) is 14.7. The van der Waals surface area contributed by atoms with Crippen LogP contribution in [0, 0.1) is 5.92 Å². The van der Waals surface area contributed by atoms with Crippen molar-refractivity contribution >= 4 is 17.5 Å². The van der Waals surface area contributed by atoms with E-state index in [1.54, 1.807) is 36.4 Å². The number of amides is 2. The van der Waals surface area contributed by atoms with Gasteiger partial charge >= 0.3 is 0 Å². The lowest BCUT2D eigenvalue weighted by Gasteiger charge is -2.43. The number of carbonyl (C=O) groups is 2. The van der Waals surface area contributed by atoms with Crippen LogP contribution in [0.4, 0.5) is 5.69 Å². The maximum atomic E-state index is 13.0. The molecule has 0 radical (unpaired) electrons. The van der Waals surface area contributed by atoms with E-state index in [1.165, 1.54) is 10.5 Å². The van der Waals surface area contributed by atoms with Gasteiger partial charge < -0.3 is 14.6 Å². The monoisotopic (exact) mass is 576 g/mol. The van der Waals surface area contributed by atoms with Gasteiger partial charge in [-0.15, -0.1) is 0 Å². The molecular weight excluding hydrogens is 540 g/mol. The van der Waals surface area contributed by atoms with E-state index in [-0.39, 0.29) is 42.6 Å². The SMILES string of the molecule is C[C@H]1[C@@H](CN(C)[C@@H](C)c2ccccc2)O[C@@H](c2ccc(N3C(=O)c4ccccc4C3=O)cc2)O[C@H]1c1ccc(CO)cc1. The molecule has 7 nitrogen and oxygen atoms in total. The Bertz CT molecular complexity index is 1550. The van der Waals surface area contributed by atoms with Gasteiger partial charge in [-0.25, -0.2) is 4.90 Å². The first-order valence-electron chi connectivity index (χ1n) is 14.7. The molecule has 7 heteroatoms. The van der Waals surface area contributed by atoms with Crippen molar-refractivity contribution in [3.05, 3.63) is 137 Å². The Balaban J connectivity index is 1.26. The van der Waals surface area contributed by atoms with E-state index >= 15 is 0 Å². The van der Waals surface area contributed by atoms with Crippen molar-refractivity contribution in [1.29, 1.82) is 0 Å². The molecule has 1 saturated heterocycles. The van der Waals surface area contributed by atoms with Crippen molar-refractivity contribution in [2.75, 3.05) is 18.5 Å². The summed E-state index contributed by atoms with van der Waals surface area (Å²) in [7, 11) is 2.11. The summed E-state index contributed by atoms with van der Waals surface area (Å²) in [4.78, 5) is 29.5. The summed E-state index contributed by atoms with van der Waals surface area (Å²) in [6.45, 7) is 5.02. The van der Waals surface area contributed by atoms with E-state index in [9.17, 15) is 14.7 Å². The Labute approximate surface area is 252 Å². The van der Waals surface area contributed by atoms with Gasteiger partial charge in [-0.05, 0) is 54.9 Å². The molecule has 220 valence electrons. The Morgan fingerprint density at radius 2 is 1.37 bits per heavy atom. The number of ether oxygens (including phenoxy) is 2. The number of carbonyl (C=O) groups excluding carboxylic acids is 2. The zero-order valence-electron chi connectivity index (χ0n) is 24.6. The van der Waals surface area contributed by atoms with E-state index in [0.717, 1.165) is 16.7 Å². The molecule has 0 bridgehead atoms. The molecule has 0 spiro atoms. The van der Waals surface area contributed by atoms with Crippen LogP contribution in [-0.2, 0) is 16.1 Å². The Kier molecular flexibility index (Phi) is 8.23. The normalized spacial score (nSPS) is 22.6. The number of likely N-dealkylation sites (N-methyl/N-ethyl adjacent to an activating group) is 1. The zero-order chi connectivity index (χ0) is 30.1. The predicted octanol–water partition coefficient (Wildman–Crippen LogP) is 6.46. The van der Waals surface area contributed by atoms with Crippen LogP contribution in [0.15, 0.2) is 103 Å². The lowest BCUT2D eigenvalue weighted by atomic mass is 9.89. The number of imide groups is 1. The minimum Gasteiger partial charge on any atom is -0.392 e. The number of nitrogens with zero attached hydrogens (tertiary/aromatic N) is 2. The number of anilines is 1. The number of rotatable bonds is 8. The summed E-state index contributed by atoms with van der Waals surface area (Å²) in [5.74, 6) is -0.608. The van der Waals surface area contributed by atoms with Crippen LogP contribution in [0.25, 0.3) is 0 Å². The second-order valence-electron chi connectivity index (χ2n) is 11.4. The molecule has 4 aromatic rings. The molecule has 5 atom stereocenters. The minimum atomic E-state index is -0.652. The van der Waals surface area contributed by atoms with Crippen LogP contribution in [0.3, 0.4) is 0 Å². The van der Waals surface area contributed by atoms with Gasteiger partial charge in [0.2, 0.25) is 0 Å². The summed E-state index contributed by atoms with van der Waals surface area (Å²) < 4.78 is 13.3. The van der Waals surface area contributed by atoms with Gasteiger partial charge in [0.05, 0.1) is 35.6 Å². The second kappa shape index (κ2) is 12.2. The number of hydrogen-bond donors (Lipinski definition) is 1. The average Bonchev–Trinajstić information content (AvgIpc) is 3.31. The minimum absolute atomic E-state index is 0.0165. The highest BCUT2D eigenvalue weighted by molar-refractivity contribution is 6.34. The molecule has 6 rings (SSSR count). The summed E-state index contributed by atoms with van der Waals surface area (Å²) >= 11 is 0. The third-order valence-electron chi connectivity index (χ3n) is 8.75. The van der Waals surface area contributed by atoms with E-state index in [4.69, 9.17) is 9.47 Å². The topological polar surface area (TPSA) is 79.3 Å². The maximum absolute atomic E-state index is 13.0. The highest BCUT2D eigenvalue weighted by atomic mass is 16.7. The van der Waals surface area contributed by atoms with Crippen molar-refractivity contribution in [3.8, 4) is 0 Å². The van der Waals surface area contributed by atoms with Crippen LogP contribution >= 0.6 is 0 Å². The Morgan fingerprint density at radius 3 is 1.98 bits per heavy atom. The lowest BCUT2D eigenvalue weighted by molar-refractivity contribution is -0.276. The van der Waals surface area contributed by atoms with Gasteiger partial charge in [-0.1, -0.05) is 85.8 Å². The smallest absolute Gasteiger partial charge is 0.266 e. The predicted molar refractivity (Wildman–Crippen MR) is 164 cm³/mol. The van der Waals surface area contributed by atoms with Crippen molar-refractivity contribution in [1.82, 2.24) is 4.90 Å². The third-order valence-corrected chi connectivity index (χ3v) is 8.75. The van der Waals surface area contributed by atoms with Gasteiger partial charge in [0.25, 0.3) is 11.8 Å². The summed E-state index contributed by atoms with van der Waals surface area (Å²) in [5.41, 5.74) is 5.23. The molecule has 1 fully saturated rings. The van der Waals surface area contributed by atoms with Crippen molar-refractivity contribution in [2.45, 2.75) is 45.0 Å². The molecule has 2 aliphatic heterocycles. The maximum Gasteiger partial charge on any atom is 0.266 e. The molecule has 0 aromatic heterocycles. The molecular formula is C36H36N2O5. The Morgan fingerprint density at radius 1 is 0.791 bits per heavy atom. The molecule has 0 aliphatic carbocycles. The van der Waals surface area contributed by atoms with Gasteiger partial charge in [0.1, 0.15) is 0 Å². The van der Waals surface area contributed by atoms with E-state index < -0.39 is 6.29 Å². The molecule has 2 amide bonds. The van der Waals surface area contributed by atoms with Crippen LogP contribution < -0.4 is 4.90 Å². The number of aliphatic hydroxyl groups excluding tert-OH is 1. The number of fused-ring (bicyclic) bond motifs is 1. The Hall–Kier alpha value is -4.14. The van der Waals surface area contributed by atoms with Gasteiger partial charge in [0.15, 0.2) is 6.29 Å². The van der Waals surface area contributed by atoms with Crippen molar-refractivity contribution < 1.29 is 24.2 Å². The highest BCUT2D eigenvalue weighted by Gasteiger charge is 2.40. The molecule has 4 aromatic carbocycles. The molecule has 2 heterocycles. The molecule has 1 N–H and O–H groups in total. The standard InChI is InChI=1S/C36H36N2O5/c1-23-32(21-37(3)24(2)26-9-5-4-6-10-26)42-36(43-33(23)27-15-13-25(22-39)14-16-27)28-17-19-29(20-18-28)38-34(40)30-11-7-8-12-31(30)35(38)41/h4-20,23-24,32-33,36,39H,21-22H2,1-3H3/t23-,24-,32+,33+,36+/m0/s1. The molecule has 0 saturated carbocycles. The third kappa shape index (κ3) is 5.65. The first kappa shape index (κ1) is 29.0. The highest BCUT2D eigenvalue weighted by Crippen LogP contribution is 2.42. The second-order valence-corrected chi connectivity index (χ2v) is 11.4. The average molecular weight is 577 g/mol. The summed E-state index contributed by atoms with van der Waals surface area (Å²) in [6.07, 6.45) is -1.04. The fourth-order valence-corrected chi connectivity index (χ4v) is 5.96. The van der Waals surface area contributed by atoms with Crippen LogP contribution in [0.5, 0.6) is 0 Å². The fraction of sp³-hybridized carbons (Fsp3) is 0.278. The number of aliphatic hydroxyl groups is 1. The zero-order valence-corrected chi connectivity index (χ0v) is 24.6. The van der Waals surface area contributed by atoms with E-state index in [2.05, 4.69) is 50.1 Å². The van der Waals surface area contributed by atoms with E-state index in [0.29, 0.717) is 23.4 Å². The van der Waals surface area contributed by atoms with Gasteiger partial charge in [-0.2, -0.15) is 0 Å².